The van der Waals surface area contributed by atoms with Crippen LogP contribution in [-0.2, 0) is 0 Å². The molecule has 0 radical (unpaired) electrons. The van der Waals surface area contributed by atoms with Crippen molar-refractivity contribution < 1.29 is 4.79 Å². The van der Waals surface area contributed by atoms with Crippen molar-refractivity contribution in [1.29, 1.82) is 0 Å². The van der Waals surface area contributed by atoms with Crippen molar-refractivity contribution in [2.75, 3.05) is 13.1 Å². The van der Waals surface area contributed by atoms with Crippen LogP contribution in [0.25, 0.3) is 0 Å². The average molecular weight is 306 g/mol. The first kappa shape index (κ1) is 14.0. The zero-order valence-corrected chi connectivity index (χ0v) is 13.6. The van der Waals surface area contributed by atoms with Crippen molar-refractivity contribution in [1.82, 2.24) is 9.80 Å². The van der Waals surface area contributed by atoms with Crippen LogP contribution in [0.1, 0.15) is 51.4 Å². The van der Waals surface area contributed by atoms with Gasteiger partial charge in [-0.3, -0.25) is 0 Å². The van der Waals surface area contributed by atoms with E-state index in [1.165, 1.54) is 51.4 Å². The highest BCUT2D eigenvalue weighted by Crippen LogP contribution is 2.45. The Labute approximate surface area is 132 Å². The van der Waals surface area contributed by atoms with Gasteiger partial charge in [-0.05, 0) is 62.7 Å². The second-order valence-electron chi connectivity index (χ2n) is 7.14. The van der Waals surface area contributed by atoms with Crippen LogP contribution in [0.15, 0.2) is 11.5 Å². The van der Waals surface area contributed by atoms with Crippen LogP contribution in [0.2, 0.25) is 0 Å². The van der Waals surface area contributed by atoms with Crippen LogP contribution in [0.4, 0.5) is 4.79 Å². The topological polar surface area (TPSA) is 23.6 Å². The number of hydrogen-bond acceptors (Lipinski definition) is 2. The van der Waals surface area contributed by atoms with Crippen LogP contribution in [0.3, 0.4) is 0 Å². The normalized spacial score (nSPS) is 39.0. The number of amides is 2. The highest BCUT2D eigenvalue weighted by molar-refractivity contribution is 8.03. The quantitative estimate of drug-likeness (QED) is 0.734. The highest BCUT2D eigenvalue weighted by Gasteiger charge is 2.46. The molecule has 4 heteroatoms. The zero-order valence-electron chi connectivity index (χ0n) is 12.7. The molecule has 3 nitrogen and oxygen atoms in total. The van der Waals surface area contributed by atoms with Gasteiger partial charge in [-0.1, -0.05) is 6.08 Å². The predicted molar refractivity (Wildman–Crippen MR) is 87.3 cm³/mol. The van der Waals surface area contributed by atoms with Gasteiger partial charge >= 0.3 is 6.03 Å². The minimum absolute atomic E-state index is 0.359. The van der Waals surface area contributed by atoms with E-state index in [4.69, 9.17) is 0 Å². The van der Waals surface area contributed by atoms with E-state index in [0.717, 1.165) is 24.3 Å². The molecule has 3 saturated heterocycles. The van der Waals surface area contributed by atoms with Gasteiger partial charge in [-0.15, -0.1) is 11.8 Å². The van der Waals surface area contributed by atoms with Gasteiger partial charge in [-0.2, -0.15) is 0 Å². The molecule has 4 rings (SSSR count). The Bertz CT molecular complexity index is 411. The third-order valence-electron chi connectivity index (χ3n) is 5.86. The fraction of sp³-hybridized carbons (Fsp3) is 0.824. The largest absolute Gasteiger partial charge is 0.325 e. The fourth-order valence-corrected chi connectivity index (χ4v) is 5.88. The predicted octanol–water partition coefficient (Wildman–Crippen LogP) is 3.85. The van der Waals surface area contributed by atoms with E-state index in [2.05, 4.69) is 21.3 Å². The van der Waals surface area contributed by atoms with Crippen LogP contribution >= 0.6 is 11.8 Å². The molecule has 0 aromatic rings. The van der Waals surface area contributed by atoms with Gasteiger partial charge < -0.3 is 9.80 Å². The van der Waals surface area contributed by atoms with E-state index < -0.39 is 0 Å². The van der Waals surface area contributed by atoms with E-state index in [1.54, 1.807) is 0 Å². The summed E-state index contributed by atoms with van der Waals surface area (Å²) in [6.45, 7) is 1.97. The number of piperidine rings is 2. The molecule has 2 unspecified atom stereocenters. The van der Waals surface area contributed by atoms with Gasteiger partial charge in [0, 0.05) is 30.4 Å². The lowest BCUT2D eigenvalue weighted by molar-refractivity contribution is 0.0877. The number of thioether (sulfide) groups is 1. The van der Waals surface area contributed by atoms with Crippen LogP contribution in [0.5, 0.6) is 0 Å². The lowest BCUT2D eigenvalue weighted by Gasteiger charge is -2.43. The first-order chi connectivity index (χ1) is 10.3. The van der Waals surface area contributed by atoms with E-state index in [0.29, 0.717) is 18.1 Å². The summed E-state index contributed by atoms with van der Waals surface area (Å²) in [6.07, 6.45) is 12.2. The Morgan fingerprint density at radius 2 is 1.76 bits per heavy atom. The van der Waals surface area contributed by atoms with Crippen molar-refractivity contribution in [2.24, 2.45) is 5.92 Å². The van der Waals surface area contributed by atoms with E-state index >= 15 is 0 Å². The third-order valence-corrected chi connectivity index (χ3v) is 7.14. The molecule has 2 bridgehead atoms. The molecule has 0 aromatic heterocycles. The third kappa shape index (κ3) is 2.60. The summed E-state index contributed by atoms with van der Waals surface area (Å²) in [5, 5.41) is 3.07. The Balaban J connectivity index is 1.42. The number of carbonyl (C=O) groups excluding carboxylic acids is 1. The number of rotatable bonds is 1. The van der Waals surface area contributed by atoms with E-state index in [9.17, 15) is 4.79 Å². The van der Waals surface area contributed by atoms with Gasteiger partial charge in [0.15, 0.2) is 0 Å². The number of urea groups is 1. The first-order valence-corrected chi connectivity index (χ1v) is 9.65. The molecule has 0 spiro atoms. The number of nitrogens with zero attached hydrogens (tertiary/aromatic N) is 2. The lowest BCUT2D eigenvalue weighted by Crippen LogP contribution is -2.54. The molecule has 21 heavy (non-hydrogen) atoms. The highest BCUT2D eigenvalue weighted by atomic mass is 32.2. The molecule has 4 heterocycles. The van der Waals surface area contributed by atoms with E-state index in [1.807, 2.05) is 11.8 Å². The molecule has 4 aliphatic rings. The molecular weight excluding hydrogens is 280 g/mol. The molecule has 0 N–H and O–H groups in total. The van der Waals surface area contributed by atoms with E-state index in [-0.39, 0.29) is 0 Å². The minimum atomic E-state index is 0.359. The monoisotopic (exact) mass is 306 g/mol. The van der Waals surface area contributed by atoms with Gasteiger partial charge in [0.2, 0.25) is 0 Å². The fourth-order valence-electron chi connectivity index (χ4n) is 4.79. The molecule has 3 fully saturated rings. The standard InChI is InChI=1S/C17H26N2OS/c20-17(18-8-2-1-3-9-18)19-14-6-7-15(19)12-13(11-14)16-5-4-10-21-16/h4,10,13-16H,1-3,5-9,11-12H2/t13?,14-,15+,16?. The van der Waals surface area contributed by atoms with Crippen molar-refractivity contribution >= 4 is 17.8 Å². The number of likely N-dealkylation sites (tertiary alicyclic amines) is 1. The molecule has 4 aliphatic heterocycles. The number of hydrogen-bond donors (Lipinski definition) is 0. The molecular formula is C17H26N2OS. The van der Waals surface area contributed by atoms with Gasteiger partial charge in [0.1, 0.15) is 0 Å². The maximum Gasteiger partial charge on any atom is 0.320 e. The Morgan fingerprint density at radius 3 is 2.38 bits per heavy atom. The second kappa shape index (κ2) is 5.86. The summed E-state index contributed by atoms with van der Waals surface area (Å²) in [5.74, 6) is 0.827. The summed E-state index contributed by atoms with van der Waals surface area (Å²) in [7, 11) is 0. The van der Waals surface area contributed by atoms with Crippen LogP contribution < -0.4 is 0 Å². The Hall–Kier alpha value is -0.640. The summed E-state index contributed by atoms with van der Waals surface area (Å²) in [5.41, 5.74) is 0. The van der Waals surface area contributed by atoms with Crippen molar-refractivity contribution in [3.05, 3.63) is 11.5 Å². The maximum atomic E-state index is 12.9. The average Bonchev–Trinajstić information content (AvgIpc) is 3.14. The SMILES string of the molecule is O=C(N1CCCCC1)N1[C@@H]2CC[C@H]1CC(C1CC=CS1)C2. The smallest absolute Gasteiger partial charge is 0.320 e. The molecule has 116 valence electrons. The molecule has 4 atom stereocenters. The number of allylic oxidation sites excluding steroid dienone is 1. The van der Waals surface area contributed by atoms with Gasteiger partial charge in [0.05, 0.1) is 0 Å². The van der Waals surface area contributed by atoms with Crippen LogP contribution in [0, 0.1) is 5.92 Å². The van der Waals surface area contributed by atoms with Crippen molar-refractivity contribution in [2.45, 2.75) is 68.7 Å². The van der Waals surface area contributed by atoms with Crippen LogP contribution in [-0.4, -0.2) is 46.3 Å². The summed E-state index contributed by atoms with van der Waals surface area (Å²) in [6, 6.07) is 1.42. The lowest BCUT2D eigenvalue weighted by atomic mass is 9.87. The second-order valence-corrected chi connectivity index (χ2v) is 8.29. The van der Waals surface area contributed by atoms with Gasteiger partial charge in [0.25, 0.3) is 0 Å². The Kier molecular flexibility index (Phi) is 3.91. The first-order valence-electron chi connectivity index (χ1n) is 8.70. The zero-order chi connectivity index (χ0) is 14.2. The minimum Gasteiger partial charge on any atom is -0.325 e. The molecule has 0 aliphatic carbocycles. The Morgan fingerprint density at radius 1 is 1.05 bits per heavy atom. The summed E-state index contributed by atoms with van der Waals surface area (Å²) < 4.78 is 0. The number of carbonyl (C=O) groups is 1. The van der Waals surface area contributed by atoms with Gasteiger partial charge in [-0.25, -0.2) is 4.79 Å². The number of fused-ring (bicyclic) bond motifs is 2. The summed E-state index contributed by atoms with van der Waals surface area (Å²) >= 11 is 2.02. The van der Waals surface area contributed by atoms with Crippen molar-refractivity contribution in [3.63, 3.8) is 0 Å². The maximum absolute atomic E-state index is 12.9. The van der Waals surface area contributed by atoms with Crippen molar-refractivity contribution in [3.8, 4) is 0 Å². The molecule has 2 amide bonds. The molecule has 0 saturated carbocycles. The molecule has 0 aromatic carbocycles. The summed E-state index contributed by atoms with van der Waals surface area (Å²) in [4.78, 5) is 17.3.